The fourth-order valence-corrected chi connectivity index (χ4v) is 2.39. The van der Waals surface area contributed by atoms with Crippen LogP contribution in [0.4, 0.5) is 0 Å². The van der Waals surface area contributed by atoms with Crippen molar-refractivity contribution in [3.63, 3.8) is 0 Å². The second-order valence-corrected chi connectivity index (χ2v) is 5.39. The summed E-state index contributed by atoms with van der Waals surface area (Å²) in [5, 5.41) is 0. The van der Waals surface area contributed by atoms with Crippen LogP contribution in [-0.2, 0) is 13.1 Å². The largest absolute Gasteiger partial charge is 0.334 e. The third kappa shape index (κ3) is 2.87. The molecular formula is C14H21N5. The van der Waals surface area contributed by atoms with Gasteiger partial charge in [0.15, 0.2) is 0 Å². The summed E-state index contributed by atoms with van der Waals surface area (Å²) < 4.78 is 4.52. The molecule has 1 saturated carbocycles. The zero-order valence-corrected chi connectivity index (χ0v) is 11.7. The van der Waals surface area contributed by atoms with Gasteiger partial charge in [-0.05, 0) is 26.8 Å². The Kier molecular flexibility index (Phi) is 3.38. The van der Waals surface area contributed by atoms with Crippen LogP contribution in [0.15, 0.2) is 24.8 Å². The number of rotatable bonds is 6. The van der Waals surface area contributed by atoms with E-state index in [1.165, 1.54) is 18.7 Å². The molecule has 3 rings (SSSR count). The molecule has 0 radical (unpaired) electrons. The van der Waals surface area contributed by atoms with Crippen LogP contribution in [0.5, 0.6) is 0 Å². The maximum Gasteiger partial charge on any atom is 0.123 e. The Balaban J connectivity index is 1.54. The molecular weight excluding hydrogens is 238 g/mol. The molecule has 2 heterocycles. The van der Waals surface area contributed by atoms with Crippen molar-refractivity contribution in [3.05, 3.63) is 36.4 Å². The van der Waals surface area contributed by atoms with Crippen molar-refractivity contribution in [2.45, 2.75) is 38.9 Å². The maximum atomic E-state index is 4.48. The van der Waals surface area contributed by atoms with Crippen molar-refractivity contribution >= 4 is 0 Å². The summed E-state index contributed by atoms with van der Waals surface area (Å²) in [5.74, 6) is 2.26. The van der Waals surface area contributed by atoms with E-state index in [2.05, 4.69) is 37.2 Å². The Bertz CT molecular complexity index is 538. The average molecular weight is 259 g/mol. The van der Waals surface area contributed by atoms with E-state index < -0.39 is 0 Å². The highest BCUT2D eigenvalue weighted by atomic mass is 15.2. The molecule has 0 amide bonds. The molecule has 0 atom stereocenters. The van der Waals surface area contributed by atoms with Gasteiger partial charge in [0, 0.05) is 43.9 Å². The van der Waals surface area contributed by atoms with Gasteiger partial charge < -0.3 is 9.13 Å². The molecule has 0 unspecified atom stereocenters. The number of nitrogens with zero attached hydrogens (tertiary/aromatic N) is 5. The molecule has 2 aromatic heterocycles. The minimum absolute atomic E-state index is 0.710. The summed E-state index contributed by atoms with van der Waals surface area (Å²) in [6.07, 6.45) is 10.5. The summed E-state index contributed by atoms with van der Waals surface area (Å²) in [5.41, 5.74) is 0. The standard InChI is InChI=1S/C14H21N5/c1-12-15-5-7-18(12)10-9-17(2)11-14-16-6-8-19(14)13-3-4-13/h5-8,13H,3-4,9-11H2,1-2H3. The van der Waals surface area contributed by atoms with Crippen molar-refractivity contribution in [1.29, 1.82) is 0 Å². The van der Waals surface area contributed by atoms with Gasteiger partial charge in [-0.25, -0.2) is 9.97 Å². The Labute approximate surface area is 113 Å². The van der Waals surface area contributed by atoms with Crippen molar-refractivity contribution in [1.82, 2.24) is 24.0 Å². The molecule has 0 bridgehead atoms. The number of aryl methyl sites for hydroxylation is 1. The zero-order valence-electron chi connectivity index (χ0n) is 11.7. The summed E-state index contributed by atoms with van der Waals surface area (Å²) in [6, 6.07) is 0.710. The number of hydrogen-bond donors (Lipinski definition) is 0. The molecule has 102 valence electrons. The maximum absolute atomic E-state index is 4.48. The van der Waals surface area contributed by atoms with Gasteiger partial charge in [-0.2, -0.15) is 0 Å². The minimum Gasteiger partial charge on any atom is -0.334 e. The highest BCUT2D eigenvalue weighted by Crippen LogP contribution is 2.35. The lowest BCUT2D eigenvalue weighted by Gasteiger charge is -2.17. The lowest BCUT2D eigenvalue weighted by molar-refractivity contribution is 0.298. The van der Waals surface area contributed by atoms with E-state index in [-0.39, 0.29) is 0 Å². The summed E-state index contributed by atoms with van der Waals surface area (Å²) in [6.45, 7) is 4.94. The lowest BCUT2D eigenvalue weighted by atomic mass is 10.4. The van der Waals surface area contributed by atoms with E-state index in [0.29, 0.717) is 6.04 Å². The second-order valence-electron chi connectivity index (χ2n) is 5.39. The molecule has 19 heavy (non-hydrogen) atoms. The van der Waals surface area contributed by atoms with Crippen LogP contribution in [-0.4, -0.2) is 37.6 Å². The Morgan fingerprint density at radius 3 is 2.74 bits per heavy atom. The molecule has 5 heteroatoms. The molecule has 1 fully saturated rings. The van der Waals surface area contributed by atoms with Crippen LogP contribution in [0, 0.1) is 6.92 Å². The van der Waals surface area contributed by atoms with Gasteiger partial charge in [0.2, 0.25) is 0 Å². The van der Waals surface area contributed by atoms with Crippen LogP contribution >= 0.6 is 0 Å². The van der Waals surface area contributed by atoms with Crippen LogP contribution in [0.2, 0.25) is 0 Å². The van der Waals surface area contributed by atoms with E-state index in [1.807, 2.05) is 25.5 Å². The Morgan fingerprint density at radius 2 is 2.05 bits per heavy atom. The number of aromatic nitrogens is 4. The molecule has 0 aromatic carbocycles. The van der Waals surface area contributed by atoms with Crippen LogP contribution in [0.1, 0.15) is 30.5 Å². The molecule has 2 aromatic rings. The summed E-state index contributed by atoms with van der Waals surface area (Å²) in [4.78, 5) is 11.0. The number of imidazole rings is 2. The molecule has 1 aliphatic carbocycles. The molecule has 1 aliphatic rings. The second kappa shape index (κ2) is 5.17. The Morgan fingerprint density at radius 1 is 1.26 bits per heavy atom. The first-order valence-corrected chi connectivity index (χ1v) is 6.92. The lowest BCUT2D eigenvalue weighted by Crippen LogP contribution is -2.24. The van der Waals surface area contributed by atoms with Crippen LogP contribution in [0.25, 0.3) is 0 Å². The van der Waals surface area contributed by atoms with Gasteiger partial charge in [-0.15, -0.1) is 0 Å². The smallest absolute Gasteiger partial charge is 0.123 e. The first-order valence-electron chi connectivity index (χ1n) is 6.92. The van der Waals surface area contributed by atoms with Crippen molar-refractivity contribution in [3.8, 4) is 0 Å². The predicted molar refractivity (Wildman–Crippen MR) is 73.8 cm³/mol. The molecule has 0 spiro atoms. The van der Waals surface area contributed by atoms with Crippen molar-refractivity contribution in [2.75, 3.05) is 13.6 Å². The Hall–Kier alpha value is -1.62. The zero-order chi connectivity index (χ0) is 13.2. The third-order valence-corrected chi connectivity index (χ3v) is 3.75. The topological polar surface area (TPSA) is 38.9 Å². The fourth-order valence-electron chi connectivity index (χ4n) is 2.39. The van der Waals surface area contributed by atoms with Crippen LogP contribution in [0.3, 0.4) is 0 Å². The van der Waals surface area contributed by atoms with E-state index in [1.54, 1.807) is 0 Å². The van der Waals surface area contributed by atoms with Crippen LogP contribution < -0.4 is 0 Å². The first kappa shape index (κ1) is 12.4. The highest BCUT2D eigenvalue weighted by Gasteiger charge is 2.25. The van der Waals surface area contributed by atoms with Gasteiger partial charge in [-0.1, -0.05) is 0 Å². The van der Waals surface area contributed by atoms with Gasteiger partial charge in [0.05, 0.1) is 6.54 Å². The molecule has 0 aliphatic heterocycles. The van der Waals surface area contributed by atoms with E-state index >= 15 is 0 Å². The van der Waals surface area contributed by atoms with Gasteiger partial charge in [0.25, 0.3) is 0 Å². The summed E-state index contributed by atoms with van der Waals surface area (Å²) in [7, 11) is 2.15. The van der Waals surface area contributed by atoms with E-state index in [0.717, 1.165) is 25.5 Å². The normalized spacial score (nSPS) is 15.3. The van der Waals surface area contributed by atoms with Gasteiger partial charge in [0.1, 0.15) is 11.6 Å². The number of likely N-dealkylation sites (N-methyl/N-ethyl adjacent to an activating group) is 1. The average Bonchev–Trinajstić information content (AvgIpc) is 3.00. The SMILES string of the molecule is Cc1nccn1CCN(C)Cc1nccn1C1CC1. The third-order valence-electron chi connectivity index (χ3n) is 3.75. The molecule has 0 N–H and O–H groups in total. The predicted octanol–water partition coefficient (Wildman–Crippen LogP) is 1.85. The van der Waals surface area contributed by atoms with Crippen molar-refractivity contribution in [2.24, 2.45) is 0 Å². The number of hydrogen-bond acceptors (Lipinski definition) is 3. The van der Waals surface area contributed by atoms with E-state index in [4.69, 9.17) is 0 Å². The monoisotopic (exact) mass is 259 g/mol. The molecule has 0 saturated heterocycles. The summed E-state index contributed by atoms with van der Waals surface area (Å²) >= 11 is 0. The fraction of sp³-hybridized carbons (Fsp3) is 0.571. The van der Waals surface area contributed by atoms with Gasteiger partial charge >= 0.3 is 0 Å². The quantitative estimate of drug-likeness (QED) is 0.795. The van der Waals surface area contributed by atoms with Gasteiger partial charge in [-0.3, -0.25) is 4.90 Å². The first-order chi connectivity index (χ1) is 9.24. The molecule has 5 nitrogen and oxygen atoms in total. The van der Waals surface area contributed by atoms with Crippen molar-refractivity contribution < 1.29 is 0 Å². The highest BCUT2D eigenvalue weighted by molar-refractivity contribution is 4.99. The minimum atomic E-state index is 0.710. The van der Waals surface area contributed by atoms with E-state index in [9.17, 15) is 0 Å².